The molecule has 3 nitrogen and oxygen atoms in total. The number of alkyl halides is 1. The van der Waals surface area contributed by atoms with Crippen LogP contribution in [0, 0.1) is 5.92 Å². The summed E-state index contributed by atoms with van der Waals surface area (Å²) in [5.41, 5.74) is 1.49. The smallest absolute Gasteiger partial charge is 0.171 e. The largest absolute Gasteiger partial charge is 0.497 e. The van der Waals surface area contributed by atoms with Crippen LogP contribution in [0.5, 0.6) is 11.5 Å². The van der Waals surface area contributed by atoms with E-state index in [1.165, 1.54) is 0 Å². The van der Waals surface area contributed by atoms with E-state index >= 15 is 0 Å². The number of ketones is 1. The van der Waals surface area contributed by atoms with Gasteiger partial charge in [-0.2, -0.15) is 0 Å². The maximum absolute atomic E-state index is 12.6. The van der Waals surface area contributed by atoms with Crippen LogP contribution >= 0.6 is 11.6 Å². The normalized spacial score (nSPS) is 20.3. The minimum Gasteiger partial charge on any atom is -0.497 e. The molecule has 2 aromatic carbocycles. The number of Topliss-reactive ketones (excluding diaryl/α,β-unsaturated/α-hetero) is 1. The van der Waals surface area contributed by atoms with Crippen molar-refractivity contribution in [3.05, 3.63) is 59.7 Å². The maximum atomic E-state index is 12.6. The lowest BCUT2D eigenvalue weighted by atomic mass is 9.89. The number of fused-ring (bicyclic) bond motifs is 1. The van der Waals surface area contributed by atoms with E-state index in [0.717, 1.165) is 17.1 Å². The number of ether oxygens (including phenoxy) is 2. The Morgan fingerprint density at radius 3 is 2.62 bits per heavy atom. The molecule has 0 N–H and O–H groups in total. The molecule has 1 aliphatic heterocycles. The van der Waals surface area contributed by atoms with E-state index in [-0.39, 0.29) is 17.1 Å². The number of benzene rings is 2. The van der Waals surface area contributed by atoms with E-state index in [9.17, 15) is 4.79 Å². The van der Waals surface area contributed by atoms with Gasteiger partial charge in [0.15, 0.2) is 5.78 Å². The Morgan fingerprint density at radius 2 is 1.90 bits per heavy atom. The maximum Gasteiger partial charge on any atom is 0.171 e. The van der Waals surface area contributed by atoms with E-state index in [1.807, 2.05) is 24.3 Å². The van der Waals surface area contributed by atoms with Crippen LogP contribution < -0.4 is 9.47 Å². The van der Waals surface area contributed by atoms with Gasteiger partial charge in [-0.05, 0) is 30.3 Å². The minimum atomic E-state index is -0.380. The van der Waals surface area contributed by atoms with Crippen molar-refractivity contribution in [2.24, 2.45) is 5.92 Å². The molecule has 0 aliphatic carbocycles. The second-order valence-corrected chi connectivity index (χ2v) is 5.42. The van der Waals surface area contributed by atoms with E-state index < -0.39 is 0 Å². The Balaban J connectivity index is 1.85. The Labute approximate surface area is 128 Å². The minimum absolute atomic E-state index is 0.00726. The molecule has 3 rings (SSSR count). The molecule has 1 heterocycles. The third-order valence-electron chi connectivity index (χ3n) is 3.70. The van der Waals surface area contributed by atoms with Gasteiger partial charge in [-0.3, -0.25) is 4.79 Å². The summed E-state index contributed by atoms with van der Waals surface area (Å²) in [5, 5.41) is -0.371. The molecule has 0 spiro atoms. The standard InChI is InChI=1S/C17H15ClO3/c1-20-12-8-6-11(7-9-12)17(19)14-10-21-15-5-3-2-4-13(15)16(14)18/h2-9,14,16H,10H2,1H3. The lowest BCUT2D eigenvalue weighted by Crippen LogP contribution is -2.30. The van der Waals surface area contributed by atoms with Crippen LogP contribution in [0.25, 0.3) is 0 Å². The Kier molecular flexibility index (Phi) is 3.84. The molecule has 0 fully saturated rings. The van der Waals surface area contributed by atoms with Crippen LogP contribution in [-0.2, 0) is 0 Å². The van der Waals surface area contributed by atoms with E-state index in [1.54, 1.807) is 31.4 Å². The first kappa shape index (κ1) is 14.0. The number of carbonyl (C=O) groups excluding carboxylic acids is 1. The van der Waals surface area contributed by atoms with Crippen LogP contribution in [0.3, 0.4) is 0 Å². The van der Waals surface area contributed by atoms with Crippen molar-refractivity contribution in [1.82, 2.24) is 0 Å². The van der Waals surface area contributed by atoms with Crippen molar-refractivity contribution in [2.75, 3.05) is 13.7 Å². The zero-order valence-electron chi connectivity index (χ0n) is 11.6. The van der Waals surface area contributed by atoms with E-state index in [2.05, 4.69) is 0 Å². The van der Waals surface area contributed by atoms with Gasteiger partial charge >= 0.3 is 0 Å². The van der Waals surface area contributed by atoms with Gasteiger partial charge in [0.05, 0.1) is 18.4 Å². The van der Waals surface area contributed by atoms with Gasteiger partial charge in [-0.25, -0.2) is 0 Å². The van der Waals surface area contributed by atoms with Crippen molar-refractivity contribution in [2.45, 2.75) is 5.38 Å². The Hall–Kier alpha value is -2.00. The quantitative estimate of drug-likeness (QED) is 0.638. The van der Waals surface area contributed by atoms with E-state index in [0.29, 0.717) is 12.2 Å². The highest BCUT2D eigenvalue weighted by Gasteiger charge is 2.34. The molecular weight excluding hydrogens is 288 g/mol. The van der Waals surface area contributed by atoms with Crippen molar-refractivity contribution in [3.8, 4) is 11.5 Å². The van der Waals surface area contributed by atoms with Gasteiger partial charge < -0.3 is 9.47 Å². The summed E-state index contributed by atoms with van der Waals surface area (Å²) in [5.74, 6) is 1.10. The molecule has 0 saturated carbocycles. The summed E-state index contributed by atoms with van der Waals surface area (Å²) in [6.45, 7) is 0.302. The summed E-state index contributed by atoms with van der Waals surface area (Å²) in [7, 11) is 1.59. The summed E-state index contributed by atoms with van der Waals surface area (Å²) >= 11 is 6.49. The number of hydrogen-bond acceptors (Lipinski definition) is 3. The predicted octanol–water partition coefficient (Wildman–Crippen LogP) is 3.87. The fraction of sp³-hybridized carbons (Fsp3) is 0.235. The van der Waals surface area contributed by atoms with Gasteiger partial charge in [0.25, 0.3) is 0 Å². The van der Waals surface area contributed by atoms with Crippen LogP contribution in [0.15, 0.2) is 48.5 Å². The number of carbonyl (C=O) groups is 1. The van der Waals surface area contributed by atoms with Crippen LogP contribution in [0.4, 0.5) is 0 Å². The van der Waals surface area contributed by atoms with Crippen molar-refractivity contribution in [1.29, 1.82) is 0 Å². The number of hydrogen-bond donors (Lipinski definition) is 0. The lowest BCUT2D eigenvalue weighted by Gasteiger charge is -2.28. The van der Waals surface area contributed by atoms with Crippen LogP contribution in [-0.4, -0.2) is 19.5 Å². The number of halogens is 1. The fourth-order valence-corrected chi connectivity index (χ4v) is 2.87. The Bertz CT molecular complexity index is 651. The summed E-state index contributed by atoms with van der Waals surface area (Å²) in [4.78, 5) is 12.6. The third kappa shape index (κ3) is 2.61. The lowest BCUT2D eigenvalue weighted by molar-refractivity contribution is 0.0849. The average molecular weight is 303 g/mol. The molecule has 1 aliphatic rings. The molecule has 2 atom stereocenters. The molecular formula is C17H15ClO3. The van der Waals surface area contributed by atoms with E-state index in [4.69, 9.17) is 21.1 Å². The third-order valence-corrected chi connectivity index (χ3v) is 4.24. The van der Waals surface area contributed by atoms with Gasteiger partial charge in [0.1, 0.15) is 18.1 Å². The summed E-state index contributed by atoms with van der Waals surface area (Å²) in [6, 6.07) is 14.6. The van der Waals surface area contributed by atoms with Gasteiger partial charge in [-0.15, -0.1) is 11.6 Å². The SMILES string of the molecule is COc1ccc(C(=O)C2COc3ccccc3C2Cl)cc1. The highest BCUT2D eigenvalue weighted by molar-refractivity contribution is 6.23. The van der Waals surface area contributed by atoms with Gasteiger partial charge in [0, 0.05) is 11.1 Å². The second kappa shape index (κ2) is 5.78. The zero-order valence-corrected chi connectivity index (χ0v) is 12.3. The molecule has 2 unspecified atom stereocenters. The van der Waals surface area contributed by atoms with Crippen molar-refractivity contribution in [3.63, 3.8) is 0 Å². The zero-order chi connectivity index (χ0) is 14.8. The first-order chi connectivity index (χ1) is 10.2. The highest BCUT2D eigenvalue weighted by atomic mass is 35.5. The monoisotopic (exact) mass is 302 g/mol. The molecule has 0 saturated heterocycles. The van der Waals surface area contributed by atoms with Gasteiger partial charge in [-0.1, -0.05) is 18.2 Å². The predicted molar refractivity (Wildman–Crippen MR) is 81.3 cm³/mol. The molecule has 0 bridgehead atoms. The average Bonchev–Trinajstić information content (AvgIpc) is 2.55. The number of methoxy groups -OCH3 is 1. The van der Waals surface area contributed by atoms with Crippen molar-refractivity contribution < 1.29 is 14.3 Å². The molecule has 4 heteroatoms. The number of rotatable bonds is 3. The molecule has 0 radical (unpaired) electrons. The second-order valence-electron chi connectivity index (χ2n) is 4.95. The van der Waals surface area contributed by atoms with Crippen LogP contribution in [0.2, 0.25) is 0 Å². The molecule has 2 aromatic rings. The first-order valence-corrected chi connectivity index (χ1v) is 7.18. The number of para-hydroxylation sites is 1. The Morgan fingerprint density at radius 1 is 1.19 bits per heavy atom. The van der Waals surface area contributed by atoms with Crippen molar-refractivity contribution >= 4 is 17.4 Å². The first-order valence-electron chi connectivity index (χ1n) is 6.75. The van der Waals surface area contributed by atoms with Crippen LogP contribution in [0.1, 0.15) is 21.3 Å². The fourth-order valence-electron chi connectivity index (χ4n) is 2.50. The molecule has 0 amide bonds. The highest BCUT2D eigenvalue weighted by Crippen LogP contribution is 2.40. The summed E-state index contributed by atoms with van der Waals surface area (Å²) in [6.07, 6.45) is 0. The molecule has 0 aromatic heterocycles. The summed E-state index contributed by atoms with van der Waals surface area (Å²) < 4.78 is 10.8. The molecule has 108 valence electrons. The van der Waals surface area contributed by atoms with Gasteiger partial charge in [0.2, 0.25) is 0 Å². The molecule has 21 heavy (non-hydrogen) atoms. The topological polar surface area (TPSA) is 35.5 Å².